The molecule has 4 heteroatoms. The molecule has 1 unspecified atom stereocenters. The van der Waals surface area contributed by atoms with E-state index in [9.17, 15) is 0 Å². The van der Waals surface area contributed by atoms with Gasteiger partial charge in [-0.3, -0.25) is 4.68 Å². The van der Waals surface area contributed by atoms with Crippen molar-refractivity contribution in [1.29, 1.82) is 0 Å². The van der Waals surface area contributed by atoms with Gasteiger partial charge in [0.1, 0.15) is 0 Å². The quantitative estimate of drug-likeness (QED) is 0.725. The summed E-state index contributed by atoms with van der Waals surface area (Å²) in [6, 6.07) is 0.0314. The molecule has 1 rings (SSSR count). The van der Waals surface area contributed by atoms with Gasteiger partial charge in [-0.2, -0.15) is 5.10 Å². The molecule has 1 atom stereocenters. The van der Waals surface area contributed by atoms with E-state index in [1.807, 2.05) is 4.68 Å². The van der Waals surface area contributed by atoms with Crippen LogP contribution in [0.4, 0.5) is 0 Å². The molecule has 0 amide bonds. The smallest absolute Gasteiger partial charge is 0.161 e. The first kappa shape index (κ1) is 13.0. The van der Waals surface area contributed by atoms with Crippen LogP contribution in [0.1, 0.15) is 51.3 Å². The Hall–Kier alpha value is -1.03. The first-order valence-corrected chi connectivity index (χ1v) is 6.09. The Bertz CT molecular complexity index is 288. The molecular formula is C12H23N3O. The highest BCUT2D eigenvalue weighted by molar-refractivity contribution is 5.28. The highest BCUT2D eigenvalue weighted by Gasteiger charge is 2.17. The molecule has 16 heavy (non-hydrogen) atoms. The minimum atomic E-state index is 0.0314. The van der Waals surface area contributed by atoms with Crippen molar-refractivity contribution in [3.05, 3.63) is 11.9 Å². The molecule has 0 aliphatic carbocycles. The fraction of sp³-hybridized carbons (Fsp3) is 0.750. The van der Waals surface area contributed by atoms with Crippen molar-refractivity contribution < 1.29 is 4.74 Å². The predicted molar refractivity (Wildman–Crippen MR) is 65.5 cm³/mol. The Kier molecular flexibility index (Phi) is 5.32. The second-order valence-electron chi connectivity index (χ2n) is 4.02. The summed E-state index contributed by atoms with van der Waals surface area (Å²) in [5.74, 6) is 0.811. The van der Waals surface area contributed by atoms with Crippen LogP contribution in [0, 0.1) is 0 Å². The number of unbranched alkanes of at least 4 members (excludes halogenated alkanes) is 2. The number of rotatable bonds is 7. The molecule has 0 aromatic carbocycles. The SMILES string of the molecule is CCCCCC(N)c1c(OC)cnn1CC. The zero-order valence-corrected chi connectivity index (χ0v) is 10.6. The second kappa shape index (κ2) is 6.53. The largest absolute Gasteiger partial charge is 0.493 e. The van der Waals surface area contributed by atoms with Crippen molar-refractivity contribution in [2.24, 2.45) is 5.73 Å². The molecule has 0 saturated heterocycles. The number of hydrogen-bond acceptors (Lipinski definition) is 3. The second-order valence-corrected chi connectivity index (χ2v) is 4.02. The van der Waals surface area contributed by atoms with E-state index >= 15 is 0 Å². The van der Waals surface area contributed by atoms with Gasteiger partial charge in [-0.25, -0.2) is 0 Å². The van der Waals surface area contributed by atoms with Gasteiger partial charge in [0.2, 0.25) is 0 Å². The molecule has 0 fully saturated rings. The molecule has 1 aromatic heterocycles. The number of aromatic nitrogens is 2. The molecule has 92 valence electrons. The summed E-state index contributed by atoms with van der Waals surface area (Å²) >= 11 is 0. The summed E-state index contributed by atoms with van der Waals surface area (Å²) in [5.41, 5.74) is 7.22. The van der Waals surface area contributed by atoms with Crippen LogP contribution in [0.3, 0.4) is 0 Å². The van der Waals surface area contributed by atoms with Crippen LogP contribution in [-0.2, 0) is 6.54 Å². The fourth-order valence-electron chi connectivity index (χ4n) is 1.91. The van der Waals surface area contributed by atoms with Crippen LogP contribution in [0.25, 0.3) is 0 Å². The zero-order valence-electron chi connectivity index (χ0n) is 10.6. The summed E-state index contributed by atoms with van der Waals surface area (Å²) < 4.78 is 7.22. The maximum atomic E-state index is 6.19. The topological polar surface area (TPSA) is 53.1 Å². The lowest BCUT2D eigenvalue weighted by Gasteiger charge is -2.14. The van der Waals surface area contributed by atoms with Crippen molar-refractivity contribution >= 4 is 0 Å². The molecule has 2 N–H and O–H groups in total. The molecule has 0 bridgehead atoms. The molecule has 0 saturated carbocycles. The van der Waals surface area contributed by atoms with E-state index in [0.717, 1.165) is 30.8 Å². The lowest BCUT2D eigenvalue weighted by Crippen LogP contribution is -2.16. The van der Waals surface area contributed by atoms with Gasteiger partial charge < -0.3 is 10.5 Å². The summed E-state index contributed by atoms with van der Waals surface area (Å²) in [6.07, 6.45) is 6.36. The molecule has 1 heterocycles. The third kappa shape index (κ3) is 2.98. The minimum Gasteiger partial charge on any atom is -0.493 e. The Balaban J connectivity index is 2.71. The van der Waals surface area contributed by atoms with E-state index in [1.54, 1.807) is 13.3 Å². The van der Waals surface area contributed by atoms with Crippen LogP contribution < -0.4 is 10.5 Å². The Morgan fingerprint density at radius 2 is 2.19 bits per heavy atom. The van der Waals surface area contributed by atoms with Crippen molar-refractivity contribution in [1.82, 2.24) is 9.78 Å². The third-order valence-corrected chi connectivity index (χ3v) is 2.83. The third-order valence-electron chi connectivity index (χ3n) is 2.83. The minimum absolute atomic E-state index is 0.0314. The van der Waals surface area contributed by atoms with Crippen LogP contribution in [0.15, 0.2) is 6.20 Å². The first-order chi connectivity index (χ1) is 7.74. The average Bonchev–Trinajstić information content (AvgIpc) is 2.71. The standard InChI is InChI=1S/C12H23N3O/c1-4-6-7-8-10(13)12-11(16-3)9-14-15(12)5-2/h9-10H,4-8,13H2,1-3H3. The summed E-state index contributed by atoms with van der Waals surface area (Å²) in [6.45, 7) is 5.09. The average molecular weight is 225 g/mol. The molecule has 0 spiro atoms. The number of hydrogen-bond donors (Lipinski definition) is 1. The molecule has 1 aromatic rings. The maximum Gasteiger partial charge on any atom is 0.161 e. The van der Waals surface area contributed by atoms with Gasteiger partial charge in [-0.05, 0) is 13.3 Å². The summed E-state index contributed by atoms with van der Waals surface area (Å²) in [5, 5.41) is 4.27. The molecule has 0 radical (unpaired) electrons. The van der Waals surface area contributed by atoms with Gasteiger partial charge >= 0.3 is 0 Å². The van der Waals surface area contributed by atoms with Gasteiger partial charge in [0.25, 0.3) is 0 Å². The van der Waals surface area contributed by atoms with E-state index in [1.165, 1.54) is 12.8 Å². The van der Waals surface area contributed by atoms with E-state index < -0.39 is 0 Å². The van der Waals surface area contributed by atoms with Crippen molar-refractivity contribution in [3.8, 4) is 5.75 Å². The predicted octanol–water partition coefficient (Wildman–Crippen LogP) is 2.49. The van der Waals surface area contributed by atoms with Gasteiger partial charge in [-0.1, -0.05) is 26.2 Å². The number of nitrogens with zero attached hydrogens (tertiary/aromatic N) is 2. The summed E-state index contributed by atoms with van der Waals surface area (Å²) in [7, 11) is 1.67. The Morgan fingerprint density at radius 1 is 1.44 bits per heavy atom. The lowest BCUT2D eigenvalue weighted by molar-refractivity contribution is 0.398. The highest BCUT2D eigenvalue weighted by Crippen LogP contribution is 2.26. The summed E-state index contributed by atoms with van der Waals surface area (Å²) in [4.78, 5) is 0. The van der Waals surface area contributed by atoms with Gasteiger partial charge in [-0.15, -0.1) is 0 Å². The fourth-order valence-corrected chi connectivity index (χ4v) is 1.91. The van der Waals surface area contributed by atoms with Crippen LogP contribution in [0.2, 0.25) is 0 Å². The molecule has 0 aliphatic heterocycles. The molecule has 4 nitrogen and oxygen atoms in total. The number of ether oxygens (including phenoxy) is 1. The molecule has 0 aliphatic rings. The van der Waals surface area contributed by atoms with Gasteiger partial charge in [0.15, 0.2) is 5.75 Å². The van der Waals surface area contributed by atoms with Gasteiger partial charge in [0, 0.05) is 6.54 Å². The number of aryl methyl sites for hydroxylation is 1. The van der Waals surface area contributed by atoms with Crippen molar-refractivity contribution in [3.63, 3.8) is 0 Å². The Morgan fingerprint density at radius 3 is 2.75 bits per heavy atom. The van der Waals surface area contributed by atoms with Crippen molar-refractivity contribution in [2.45, 2.75) is 52.1 Å². The van der Waals surface area contributed by atoms with E-state index in [2.05, 4.69) is 18.9 Å². The number of nitrogens with two attached hydrogens (primary N) is 1. The van der Waals surface area contributed by atoms with E-state index in [-0.39, 0.29) is 6.04 Å². The van der Waals surface area contributed by atoms with Crippen LogP contribution >= 0.6 is 0 Å². The first-order valence-electron chi connectivity index (χ1n) is 6.09. The lowest BCUT2D eigenvalue weighted by atomic mass is 10.1. The van der Waals surface area contributed by atoms with Crippen LogP contribution in [0.5, 0.6) is 5.75 Å². The monoisotopic (exact) mass is 225 g/mol. The van der Waals surface area contributed by atoms with E-state index in [0.29, 0.717) is 0 Å². The zero-order chi connectivity index (χ0) is 12.0. The van der Waals surface area contributed by atoms with Crippen LogP contribution in [-0.4, -0.2) is 16.9 Å². The van der Waals surface area contributed by atoms with Gasteiger partial charge in [0.05, 0.1) is 25.0 Å². The normalized spacial score (nSPS) is 12.8. The van der Waals surface area contributed by atoms with E-state index in [4.69, 9.17) is 10.5 Å². The number of methoxy groups -OCH3 is 1. The Labute approximate surface area is 97.8 Å². The molecular weight excluding hydrogens is 202 g/mol. The van der Waals surface area contributed by atoms with Crippen molar-refractivity contribution in [2.75, 3.05) is 7.11 Å². The highest BCUT2D eigenvalue weighted by atomic mass is 16.5. The maximum absolute atomic E-state index is 6.19.